The van der Waals surface area contributed by atoms with E-state index < -0.39 is 4.92 Å². The quantitative estimate of drug-likeness (QED) is 0.522. The monoisotopic (exact) mass is 275 g/mol. The fraction of sp³-hybridized carbons (Fsp3) is 0.154. The molecule has 0 unspecified atom stereocenters. The molecule has 2 aromatic rings. The minimum atomic E-state index is -0.612. The predicted octanol–water partition coefficient (Wildman–Crippen LogP) is 2.04. The second-order valence-electron chi connectivity index (χ2n) is 4.27. The topological polar surface area (TPSA) is 103 Å². The summed E-state index contributed by atoms with van der Waals surface area (Å²) in [5.74, 6) is 0.287. The van der Waals surface area contributed by atoms with Gasteiger partial charge in [-0.05, 0) is 24.3 Å². The highest BCUT2D eigenvalue weighted by atomic mass is 16.6. The second kappa shape index (κ2) is 5.43. The first-order valence-electron chi connectivity index (χ1n) is 5.81. The number of nitrogens with two attached hydrogens (primary N) is 1. The molecule has 0 atom stereocenters. The number of carbonyl (C=O) groups excluding carboxylic acids is 1. The number of hydrogen-bond acceptors (Lipinski definition) is 5. The van der Waals surface area contributed by atoms with Crippen molar-refractivity contribution in [1.82, 2.24) is 4.90 Å². The number of rotatable bonds is 4. The molecule has 1 aromatic carbocycles. The Balaban J connectivity index is 2.20. The maximum Gasteiger partial charge on any atom is 0.292 e. The molecule has 104 valence electrons. The summed E-state index contributed by atoms with van der Waals surface area (Å²) in [5, 5.41) is 10.8. The van der Waals surface area contributed by atoms with Crippen LogP contribution in [0, 0.1) is 10.1 Å². The zero-order chi connectivity index (χ0) is 14.7. The molecule has 0 aliphatic rings. The number of amides is 1. The lowest BCUT2D eigenvalue weighted by atomic mass is 10.1. The molecular formula is C13H13N3O4. The van der Waals surface area contributed by atoms with Crippen molar-refractivity contribution in [2.45, 2.75) is 6.54 Å². The van der Waals surface area contributed by atoms with Crippen LogP contribution in [0.25, 0.3) is 0 Å². The smallest absolute Gasteiger partial charge is 0.292 e. The summed E-state index contributed by atoms with van der Waals surface area (Å²) in [5.41, 5.74) is 5.46. The van der Waals surface area contributed by atoms with E-state index in [2.05, 4.69) is 0 Å². The van der Waals surface area contributed by atoms with Crippen molar-refractivity contribution in [3.63, 3.8) is 0 Å². The summed E-state index contributed by atoms with van der Waals surface area (Å²) in [4.78, 5) is 23.8. The van der Waals surface area contributed by atoms with E-state index in [0.29, 0.717) is 5.76 Å². The van der Waals surface area contributed by atoms with Crippen molar-refractivity contribution >= 4 is 17.3 Å². The molecular weight excluding hydrogens is 262 g/mol. The number of furan rings is 1. The number of nitrogens with zero attached hydrogens (tertiary/aromatic N) is 2. The lowest BCUT2D eigenvalue weighted by Crippen LogP contribution is -2.26. The number of nitro groups is 1. The van der Waals surface area contributed by atoms with Crippen molar-refractivity contribution in [3.8, 4) is 0 Å². The number of nitrogen functional groups attached to an aromatic ring is 1. The Morgan fingerprint density at radius 2 is 2.20 bits per heavy atom. The molecule has 0 fully saturated rings. The Hall–Kier alpha value is -2.83. The average Bonchev–Trinajstić information content (AvgIpc) is 2.91. The predicted molar refractivity (Wildman–Crippen MR) is 72.0 cm³/mol. The van der Waals surface area contributed by atoms with E-state index in [9.17, 15) is 14.9 Å². The Bertz CT molecular complexity index is 637. The summed E-state index contributed by atoms with van der Waals surface area (Å²) >= 11 is 0. The SMILES string of the molecule is CN(Cc1ccco1)C(=O)c1ccc(N)c([N+](=O)[O-])c1. The third-order valence-electron chi connectivity index (χ3n) is 2.79. The van der Waals surface area contributed by atoms with Gasteiger partial charge in [0.15, 0.2) is 0 Å². The standard InChI is InChI=1S/C13H13N3O4/c1-15(8-10-3-2-6-20-10)13(17)9-4-5-11(14)12(7-9)16(18)19/h2-7H,8,14H2,1H3. The van der Waals surface area contributed by atoms with Crippen molar-refractivity contribution in [3.05, 3.63) is 58.0 Å². The maximum atomic E-state index is 12.2. The van der Waals surface area contributed by atoms with E-state index in [0.717, 1.165) is 0 Å². The Morgan fingerprint density at radius 3 is 2.80 bits per heavy atom. The lowest BCUT2D eigenvalue weighted by molar-refractivity contribution is -0.383. The Morgan fingerprint density at radius 1 is 1.45 bits per heavy atom. The molecule has 1 aromatic heterocycles. The van der Waals surface area contributed by atoms with Crippen LogP contribution in [0.3, 0.4) is 0 Å². The van der Waals surface area contributed by atoms with Gasteiger partial charge in [0.05, 0.1) is 17.7 Å². The molecule has 7 heteroatoms. The molecule has 2 rings (SSSR count). The summed E-state index contributed by atoms with van der Waals surface area (Å²) in [6, 6.07) is 7.46. The van der Waals surface area contributed by atoms with Crippen molar-refractivity contribution in [2.75, 3.05) is 12.8 Å². The van der Waals surface area contributed by atoms with Crippen LogP contribution in [0.2, 0.25) is 0 Å². The lowest BCUT2D eigenvalue weighted by Gasteiger charge is -2.15. The van der Waals surface area contributed by atoms with E-state index in [1.807, 2.05) is 0 Å². The zero-order valence-electron chi connectivity index (χ0n) is 10.8. The number of hydrogen-bond donors (Lipinski definition) is 1. The molecule has 7 nitrogen and oxygen atoms in total. The number of benzene rings is 1. The fourth-order valence-corrected chi connectivity index (χ4v) is 1.76. The van der Waals surface area contributed by atoms with E-state index in [1.165, 1.54) is 29.4 Å². The van der Waals surface area contributed by atoms with Gasteiger partial charge in [-0.3, -0.25) is 14.9 Å². The van der Waals surface area contributed by atoms with Crippen LogP contribution in [0.15, 0.2) is 41.0 Å². The van der Waals surface area contributed by atoms with Crippen LogP contribution < -0.4 is 5.73 Å². The number of nitro benzene ring substituents is 1. The maximum absolute atomic E-state index is 12.2. The van der Waals surface area contributed by atoms with Gasteiger partial charge in [-0.1, -0.05) is 0 Å². The van der Waals surface area contributed by atoms with Crippen LogP contribution in [-0.2, 0) is 6.54 Å². The number of carbonyl (C=O) groups is 1. The van der Waals surface area contributed by atoms with Gasteiger partial charge in [-0.25, -0.2) is 0 Å². The first-order chi connectivity index (χ1) is 9.49. The minimum Gasteiger partial charge on any atom is -0.467 e. The summed E-state index contributed by atoms with van der Waals surface area (Å²) in [6.07, 6.45) is 1.52. The molecule has 0 spiro atoms. The highest BCUT2D eigenvalue weighted by Crippen LogP contribution is 2.23. The van der Waals surface area contributed by atoms with Gasteiger partial charge in [0.25, 0.3) is 11.6 Å². The molecule has 20 heavy (non-hydrogen) atoms. The summed E-state index contributed by atoms with van der Waals surface area (Å²) < 4.78 is 5.15. The van der Waals surface area contributed by atoms with E-state index in [-0.39, 0.29) is 29.4 Å². The number of anilines is 1. The van der Waals surface area contributed by atoms with Crippen LogP contribution >= 0.6 is 0 Å². The fourth-order valence-electron chi connectivity index (χ4n) is 1.76. The van der Waals surface area contributed by atoms with Gasteiger partial charge < -0.3 is 15.1 Å². The molecule has 1 heterocycles. The minimum absolute atomic E-state index is 0.0280. The van der Waals surface area contributed by atoms with E-state index >= 15 is 0 Å². The highest BCUT2D eigenvalue weighted by Gasteiger charge is 2.18. The zero-order valence-corrected chi connectivity index (χ0v) is 10.8. The molecule has 0 bridgehead atoms. The van der Waals surface area contributed by atoms with Crippen molar-refractivity contribution in [1.29, 1.82) is 0 Å². The third-order valence-corrected chi connectivity index (χ3v) is 2.79. The van der Waals surface area contributed by atoms with Gasteiger partial charge in [0.2, 0.25) is 0 Å². The molecule has 0 radical (unpaired) electrons. The molecule has 0 aliphatic heterocycles. The molecule has 2 N–H and O–H groups in total. The first kappa shape index (κ1) is 13.6. The van der Waals surface area contributed by atoms with Gasteiger partial charge in [-0.2, -0.15) is 0 Å². The largest absolute Gasteiger partial charge is 0.467 e. The van der Waals surface area contributed by atoms with E-state index in [1.54, 1.807) is 19.2 Å². The Kier molecular flexibility index (Phi) is 3.69. The Labute approximate surface area is 114 Å². The normalized spacial score (nSPS) is 10.2. The third kappa shape index (κ3) is 2.77. The van der Waals surface area contributed by atoms with Gasteiger partial charge in [-0.15, -0.1) is 0 Å². The molecule has 0 saturated heterocycles. The van der Waals surface area contributed by atoms with Gasteiger partial charge >= 0.3 is 0 Å². The molecule has 1 amide bonds. The first-order valence-corrected chi connectivity index (χ1v) is 5.81. The van der Waals surface area contributed by atoms with Gasteiger partial charge in [0, 0.05) is 18.7 Å². The average molecular weight is 275 g/mol. The summed E-state index contributed by atoms with van der Waals surface area (Å²) in [6.45, 7) is 0.282. The second-order valence-corrected chi connectivity index (χ2v) is 4.27. The van der Waals surface area contributed by atoms with Crippen LogP contribution in [0.1, 0.15) is 16.1 Å². The van der Waals surface area contributed by atoms with Crippen LogP contribution in [-0.4, -0.2) is 22.8 Å². The molecule has 0 aliphatic carbocycles. The van der Waals surface area contributed by atoms with Crippen molar-refractivity contribution in [2.24, 2.45) is 0 Å². The van der Waals surface area contributed by atoms with Crippen molar-refractivity contribution < 1.29 is 14.1 Å². The summed E-state index contributed by atoms with van der Waals surface area (Å²) in [7, 11) is 1.59. The highest BCUT2D eigenvalue weighted by molar-refractivity contribution is 5.95. The van der Waals surface area contributed by atoms with Gasteiger partial charge in [0.1, 0.15) is 11.4 Å². The molecule has 0 saturated carbocycles. The van der Waals surface area contributed by atoms with Crippen LogP contribution in [0.4, 0.5) is 11.4 Å². The van der Waals surface area contributed by atoms with E-state index in [4.69, 9.17) is 10.2 Å². The van der Waals surface area contributed by atoms with Crippen LogP contribution in [0.5, 0.6) is 0 Å².